The largest absolute Gasteiger partial charge is 0.342 e. The summed E-state index contributed by atoms with van der Waals surface area (Å²) in [5.41, 5.74) is 0. The van der Waals surface area contributed by atoms with Crippen LogP contribution in [0.25, 0.3) is 0 Å². The molecule has 0 radical (unpaired) electrons. The van der Waals surface area contributed by atoms with Gasteiger partial charge in [-0.15, -0.1) is 0 Å². The molecule has 2 unspecified atom stereocenters. The number of nitrogens with zero attached hydrogens (tertiary/aromatic N) is 1. The van der Waals surface area contributed by atoms with E-state index in [-0.39, 0.29) is 5.91 Å². The van der Waals surface area contributed by atoms with E-state index in [0.29, 0.717) is 18.6 Å². The molecule has 3 heteroatoms. The fourth-order valence-corrected chi connectivity index (χ4v) is 3.44. The summed E-state index contributed by atoms with van der Waals surface area (Å²) >= 11 is 0. The van der Waals surface area contributed by atoms with Gasteiger partial charge in [0.25, 0.3) is 0 Å². The summed E-state index contributed by atoms with van der Waals surface area (Å²) in [4.78, 5) is 14.2. The second-order valence-corrected chi connectivity index (χ2v) is 6.29. The molecule has 3 nitrogen and oxygen atoms in total. The Kier molecular flexibility index (Phi) is 5.04. The molecule has 0 saturated heterocycles. The zero-order valence-electron chi connectivity index (χ0n) is 12.0. The third-order valence-corrected chi connectivity index (χ3v) is 4.75. The van der Waals surface area contributed by atoms with E-state index in [1.165, 1.54) is 51.4 Å². The number of rotatable bonds is 4. The van der Waals surface area contributed by atoms with E-state index in [4.69, 9.17) is 0 Å². The molecule has 2 fully saturated rings. The number of nitrogens with one attached hydrogen (secondary N) is 1. The predicted octanol–water partition coefficient (Wildman–Crippen LogP) is 2.56. The van der Waals surface area contributed by atoms with Gasteiger partial charge in [0.15, 0.2) is 0 Å². The molecule has 0 aromatic carbocycles. The molecule has 0 aliphatic heterocycles. The van der Waals surface area contributed by atoms with Gasteiger partial charge in [-0.05, 0) is 31.6 Å². The average Bonchev–Trinajstić information content (AvgIpc) is 2.88. The smallest absolute Gasteiger partial charge is 0.236 e. The number of carbonyl (C=O) groups is 1. The molecule has 2 saturated carbocycles. The van der Waals surface area contributed by atoms with Gasteiger partial charge >= 0.3 is 0 Å². The number of hydrogen-bond donors (Lipinski definition) is 1. The van der Waals surface area contributed by atoms with Gasteiger partial charge in [-0.1, -0.05) is 32.6 Å². The fraction of sp³-hybridized carbons (Fsp3) is 0.933. The quantitative estimate of drug-likeness (QED) is 0.834. The van der Waals surface area contributed by atoms with Crippen molar-refractivity contribution in [2.45, 2.75) is 70.4 Å². The molecule has 2 rings (SSSR count). The van der Waals surface area contributed by atoms with E-state index in [1.54, 1.807) is 0 Å². The summed E-state index contributed by atoms with van der Waals surface area (Å²) in [7, 11) is 1.99. The number of carbonyl (C=O) groups excluding carboxylic acids is 1. The van der Waals surface area contributed by atoms with Crippen molar-refractivity contribution in [3.8, 4) is 0 Å². The predicted molar refractivity (Wildman–Crippen MR) is 74.4 cm³/mol. The summed E-state index contributed by atoms with van der Waals surface area (Å²) in [6.45, 7) is 2.84. The van der Waals surface area contributed by atoms with Gasteiger partial charge < -0.3 is 10.2 Å². The summed E-state index contributed by atoms with van der Waals surface area (Å²) < 4.78 is 0. The third kappa shape index (κ3) is 3.71. The van der Waals surface area contributed by atoms with Crippen LogP contribution >= 0.6 is 0 Å². The first-order valence-electron chi connectivity index (χ1n) is 7.66. The first-order valence-corrected chi connectivity index (χ1v) is 7.66. The van der Waals surface area contributed by atoms with Crippen LogP contribution in [0.2, 0.25) is 0 Å². The van der Waals surface area contributed by atoms with E-state index in [0.717, 1.165) is 5.92 Å². The second-order valence-electron chi connectivity index (χ2n) is 6.29. The monoisotopic (exact) mass is 252 g/mol. The Morgan fingerprint density at radius 2 is 1.89 bits per heavy atom. The molecule has 0 bridgehead atoms. The Morgan fingerprint density at radius 1 is 1.17 bits per heavy atom. The van der Waals surface area contributed by atoms with Gasteiger partial charge in [-0.25, -0.2) is 0 Å². The number of likely N-dealkylation sites (N-methyl/N-ethyl adjacent to an activating group) is 1. The molecule has 18 heavy (non-hydrogen) atoms. The minimum atomic E-state index is 0.279. The molecule has 0 spiro atoms. The van der Waals surface area contributed by atoms with E-state index in [1.807, 2.05) is 11.9 Å². The standard InChI is InChI=1S/C15H28N2O/c1-12-6-5-9-14(10-12)17(2)15(18)11-16-13-7-3-4-8-13/h12-14,16H,3-11H2,1-2H3. The maximum atomic E-state index is 12.2. The lowest BCUT2D eigenvalue weighted by molar-refractivity contribution is -0.132. The molecule has 0 heterocycles. The number of hydrogen-bond acceptors (Lipinski definition) is 2. The van der Waals surface area contributed by atoms with Crippen LogP contribution in [0, 0.1) is 5.92 Å². The highest BCUT2D eigenvalue weighted by atomic mass is 16.2. The minimum absolute atomic E-state index is 0.279. The van der Waals surface area contributed by atoms with Crippen LogP contribution in [0.15, 0.2) is 0 Å². The SMILES string of the molecule is CC1CCCC(N(C)C(=O)CNC2CCCC2)C1. The average molecular weight is 252 g/mol. The van der Waals surface area contributed by atoms with E-state index in [9.17, 15) is 4.79 Å². The van der Waals surface area contributed by atoms with Gasteiger partial charge in [0.05, 0.1) is 6.54 Å². The molecule has 2 aliphatic rings. The van der Waals surface area contributed by atoms with Crippen LogP contribution in [-0.2, 0) is 4.79 Å². The zero-order chi connectivity index (χ0) is 13.0. The highest BCUT2D eigenvalue weighted by Gasteiger charge is 2.25. The van der Waals surface area contributed by atoms with Gasteiger partial charge in [0.1, 0.15) is 0 Å². The Labute approximate surface area is 111 Å². The van der Waals surface area contributed by atoms with Gasteiger partial charge in [-0.2, -0.15) is 0 Å². The molecule has 0 aromatic rings. The van der Waals surface area contributed by atoms with Crippen LogP contribution in [0.4, 0.5) is 0 Å². The molecule has 104 valence electrons. The molecule has 2 aliphatic carbocycles. The first-order chi connectivity index (χ1) is 8.66. The normalized spacial score (nSPS) is 29.4. The summed E-state index contributed by atoms with van der Waals surface area (Å²) in [5, 5.41) is 3.42. The van der Waals surface area contributed by atoms with Crippen molar-refractivity contribution in [3.63, 3.8) is 0 Å². The van der Waals surface area contributed by atoms with Crippen molar-refractivity contribution in [2.24, 2.45) is 5.92 Å². The van der Waals surface area contributed by atoms with Crippen LogP contribution < -0.4 is 5.32 Å². The zero-order valence-corrected chi connectivity index (χ0v) is 12.0. The van der Waals surface area contributed by atoms with Gasteiger partial charge in [0.2, 0.25) is 5.91 Å². The first kappa shape index (κ1) is 13.9. The van der Waals surface area contributed by atoms with Crippen LogP contribution in [0.1, 0.15) is 58.3 Å². The summed E-state index contributed by atoms with van der Waals surface area (Å²) in [6.07, 6.45) is 10.1. The highest BCUT2D eigenvalue weighted by molar-refractivity contribution is 5.78. The second kappa shape index (κ2) is 6.55. The maximum Gasteiger partial charge on any atom is 0.236 e. The molecule has 1 N–H and O–H groups in total. The number of amides is 1. The topological polar surface area (TPSA) is 32.3 Å². The molecular formula is C15H28N2O. The van der Waals surface area contributed by atoms with Gasteiger partial charge in [0, 0.05) is 19.1 Å². The van der Waals surface area contributed by atoms with Crippen molar-refractivity contribution in [2.75, 3.05) is 13.6 Å². The molecular weight excluding hydrogens is 224 g/mol. The summed E-state index contributed by atoms with van der Waals surface area (Å²) in [6, 6.07) is 1.07. The van der Waals surface area contributed by atoms with Crippen LogP contribution in [-0.4, -0.2) is 36.5 Å². The van der Waals surface area contributed by atoms with Crippen molar-refractivity contribution in [1.29, 1.82) is 0 Å². The van der Waals surface area contributed by atoms with E-state index >= 15 is 0 Å². The highest BCUT2D eigenvalue weighted by Crippen LogP contribution is 2.26. The van der Waals surface area contributed by atoms with Crippen molar-refractivity contribution in [1.82, 2.24) is 10.2 Å². The lowest BCUT2D eigenvalue weighted by Gasteiger charge is -2.34. The Balaban J connectivity index is 1.73. The fourth-order valence-electron chi connectivity index (χ4n) is 3.44. The molecule has 0 aromatic heterocycles. The van der Waals surface area contributed by atoms with E-state index in [2.05, 4.69) is 12.2 Å². The summed E-state index contributed by atoms with van der Waals surface area (Å²) in [5.74, 6) is 1.06. The minimum Gasteiger partial charge on any atom is -0.342 e. The van der Waals surface area contributed by atoms with Crippen molar-refractivity contribution < 1.29 is 4.79 Å². The van der Waals surface area contributed by atoms with Crippen LogP contribution in [0.5, 0.6) is 0 Å². The van der Waals surface area contributed by atoms with Crippen molar-refractivity contribution >= 4 is 5.91 Å². The van der Waals surface area contributed by atoms with E-state index < -0.39 is 0 Å². The Bertz CT molecular complexity index is 274. The van der Waals surface area contributed by atoms with Crippen molar-refractivity contribution in [3.05, 3.63) is 0 Å². The maximum absolute atomic E-state index is 12.2. The lowest BCUT2D eigenvalue weighted by atomic mass is 9.86. The molecule has 2 atom stereocenters. The Hall–Kier alpha value is -0.570. The third-order valence-electron chi connectivity index (χ3n) is 4.75. The molecule has 1 amide bonds. The Morgan fingerprint density at radius 3 is 2.56 bits per heavy atom. The van der Waals surface area contributed by atoms with Gasteiger partial charge in [-0.3, -0.25) is 4.79 Å². The lowest BCUT2D eigenvalue weighted by Crippen LogP contribution is -2.45. The van der Waals surface area contributed by atoms with Crippen LogP contribution in [0.3, 0.4) is 0 Å².